The van der Waals surface area contributed by atoms with Crippen LogP contribution >= 0.6 is 0 Å². The van der Waals surface area contributed by atoms with Crippen molar-refractivity contribution in [2.75, 3.05) is 20.8 Å². The van der Waals surface area contributed by atoms with Crippen molar-refractivity contribution in [2.45, 2.75) is 24.1 Å². The minimum Gasteiger partial charge on any atom is -0.496 e. The molecule has 3 rings (SSSR count). The molecule has 2 aromatic rings. The van der Waals surface area contributed by atoms with Crippen molar-refractivity contribution in [2.24, 2.45) is 0 Å². The van der Waals surface area contributed by atoms with E-state index >= 15 is 0 Å². The molecule has 2 unspecified atom stereocenters. The normalized spacial score (nSPS) is 20.4. The summed E-state index contributed by atoms with van der Waals surface area (Å²) >= 11 is 0. The number of hydrogen-bond donors (Lipinski definition) is 0. The smallest absolute Gasteiger partial charge is 0.246 e. The third-order valence-electron chi connectivity index (χ3n) is 4.56. The van der Waals surface area contributed by atoms with Gasteiger partial charge in [-0.05, 0) is 31.2 Å². The summed E-state index contributed by atoms with van der Waals surface area (Å²) in [5.74, 6) is 0.987. The first kappa shape index (κ1) is 19.4. The second-order valence-electron chi connectivity index (χ2n) is 6.21. The van der Waals surface area contributed by atoms with E-state index in [0.717, 1.165) is 5.56 Å². The summed E-state index contributed by atoms with van der Waals surface area (Å²) in [6.07, 6.45) is 0.693. The van der Waals surface area contributed by atoms with E-state index in [1.807, 2.05) is 6.92 Å². The van der Waals surface area contributed by atoms with E-state index in [-0.39, 0.29) is 11.5 Å². The molecular weight excluding hydrogens is 366 g/mol. The fourth-order valence-corrected chi connectivity index (χ4v) is 4.80. The van der Waals surface area contributed by atoms with Gasteiger partial charge in [-0.3, -0.25) is 0 Å². The van der Waals surface area contributed by atoms with Gasteiger partial charge in [0.2, 0.25) is 10.0 Å². The van der Waals surface area contributed by atoms with Crippen LogP contribution in [0, 0.1) is 6.92 Å². The highest BCUT2D eigenvalue weighted by Gasteiger charge is 2.45. The van der Waals surface area contributed by atoms with Crippen molar-refractivity contribution in [1.29, 1.82) is 0 Å². The van der Waals surface area contributed by atoms with Gasteiger partial charge >= 0.3 is 0 Å². The van der Waals surface area contributed by atoms with Gasteiger partial charge in [-0.1, -0.05) is 29.8 Å². The molecule has 0 bridgehead atoms. The third kappa shape index (κ3) is 3.45. The van der Waals surface area contributed by atoms with E-state index < -0.39 is 22.3 Å². The van der Waals surface area contributed by atoms with Gasteiger partial charge in [0, 0.05) is 0 Å². The molecule has 1 aliphatic heterocycles. The van der Waals surface area contributed by atoms with E-state index in [0.29, 0.717) is 17.1 Å². The van der Waals surface area contributed by atoms with Gasteiger partial charge in [0.1, 0.15) is 11.5 Å². The van der Waals surface area contributed by atoms with Crippen LogP contribution in [-0.4, -0.2) is 39.6 Å². The van der Waals surface area contributed by atoms with E-state index in [2.05, 4.69) is 6.58 Å². The van der Waals surface area contributed by atoms with E-state index in [1.165, 1.54) is 18.5 Å². The molecule has 2 aromatic carbocycles. The van der Waals surface area contributed by atoms with Crippen LogP contribution in [0.2, 0.25) is 0 Å². The van der Waals surface area contributed by atoms with Crippen LogP contribution in [0.4, 0.5) is 0 Å². The van der Waals surface area contributed by atoms with Crippen molar-refractivity contribution in [1.82, 2.24) is 4.31 Å². The minimum absolute atomic E-state index is 0.195. The summed E-state index contributed by atoms with van der Waals surface area (Å²) in [4.78, 5) is 0.198. The Labute approximate surface area is 160 Å². The lowest BCUT2D eigenvalue weighted by molar-refractivity contribution is 0.0637. The minimum atomic E-state index is -3.84. The summed E-state index contributed by atoms with van der Waals surface area (Å²) in [6.45, 7) is 5.88. The monoisotopic (exact) mass is 389 g/mol. The van der Waals surface area contributed by atoms with Gasteiger partial charge in [-0.15, -0.1) is 6.58 Å². The fraction of sp³-hybridized carbons (Fsp3) is 0.300. The lowest BCUT2D eigenvalue weighted by Gasteiger charge is -2.28. The fourth-order valence-electron chi connectivity index (χ4n) is 3.15. The van der Waals surface area contributed by atoms with E-state index in [9.17, 15) is 8.42 Å². The highest BCUT2D eigenvalue weighted by Crippen LogP contribution is 2.44. The number of ether oxygens (including phenoxy) is 3. The highest BCUT2D eigenvalue weighted by molar-refractivity contribution is 7.89. The largest absolute Gasteiger partial charge is 0.496 e. The number of sulfonamides is 1. The molecule has 1 heterocycles. The van der Waals surface area contributed by atoms with Gasteiger partial charge in [0.05, 0.1) is 37.3 Å². The maximum absolute atomic E-state index is 13.4. The zero-order chi connectivity index (χ0) is 19.6. The maximum Gasteiger partial charge on any atom is 0.246 e. The molecule has 0 aliphatic carbocycles. The Morgan fingerprint density at radius 2 is 1.70 bits per heavy atom. The van der Waals surface area contributed by atoms with Gasteiger partial charge in [-0.25, -0.2) is 8.42 Å². The Balaban J connectivity index is 2.15. The van der Waals surface area contributed by atoms with Gasteiger partial charge in [0.25, 0.3) is 0 Å². The molecule has 0 saturated carbocycles. The Hall–Kier alpha value is -2.35. The zero-order valence-electron chi connectivity index (χ0n) is 15.6. The summed E-state index contributed by atoms with van der Waals surface area (Å²) in [5.41, 5.74) is 1.51. The molecule has 2 atom stereocenters. The number of benzene rings is 2. The first-order valence-corrected chi connectivity index (χ1v) is 9.93. The molecular formula is C20H23NO5S. The first-order valence-electron chi connectivity index (χ1n) is 8.49. The molecule has 0 amide bonds. The molecule has 144 valence electrons. The van der Waals surface area contributed by atoms with Crippen molar-refractivity contribution in [3.63, 3.8) is 0 Å². The van der Waals surface area contributed by atoms with Gasteiger partial charge < -0.3 is 14.2 Å². The van der Waals surface area contributed by atoms with Crippen LogP contribution in [0.1, 0.15) is 17.4 Å². The molecule has 1 saturated heterocycles. The van der Waals surface area contributed by atoms with Crippen LogP contribution in [0.25, 0.3) is 0 Å². The molecule has 0 N–H and O–H groups in total. The second kappa shape index (κ2) is 7.72. The predicted molar refractivity (Wildman–Crippen MR) is 102 cm³/mol. The molecule has 0 radical (unpaired) electrons. The quantitative estimate of drug-likeness (QED) is 0.710. The Bertz CT molecular complexity index is 902. The number of nitrogens with zero attached hydrogens (tertiary/aromatic N) is 1. The van der Waals surface area contributed by atoms with Crippen LogP contribution < -0.4 is 9.47 Å². The van der Waals surface area contributed by atoms with Crippen LogP contribution in [0.15, 0.2) is 60.0 Å². The molecule has 1 aliphatic rings. The number of hydrogen-bond acceptors (Lipinski definition) is 5. The average molecular weight is 389 g/mol. The van der Waals surface area contributed by atoms with Crippen molar-refractivity contribution in [3.05, 3.63) is 66.2 Å². The highest BCUT2D eigenvalue weighted by atomic mass is 32.2. The Morgan fingerprint density at radius 1 is 1.11 bits per heavy atom. The van der Waals surface area contributed by atoms with Gasteiger partial charge in [0.15, 0.2) is 6.23 Å². The Morgan fingerprint density at radius 3 is 2.22 bits per heavy atom. The first-order chi connectivity index (χ1) is 12.9. The SMILES string of the molecule is C=CC1COC(c2c(OC)cccc2OC)N1S(=O)(=O)c1ccc(C)cc1. The molecule has 1 fully saturated rings. The van der Waals surface area contributed by atoms with Crippen molar-refractivity contribution >= 4 is 10.0 Å². The summed E-state index contributed by atoms with van der Waals surface area (Å²) < 4.78 is 44.9. The maximum atomic E-state index is 13.4. The lowest BCUT2D eigenvalue weighted by Crippen LogP contribution is -2.37. The van der Waals surface area contributed by atoms with Crippen LogP contribution in [0.3, 0.4) is 0 Å². The summed E-state index contributed by atoms with van der Waals surface area (Å²) in [6, 6.07) is 11.5. The molecule has 27 heavy (non-hydrogen) atoms. The standard InChI is InChI=1S/C20H23NO5S/c1-5-15-13-26-20(19-17(24-3)7-6-8-18(19)25-4)21(15)27(22,23)16-11-9-14(2)10-12-16/h5-12,15,20H,1,13H2,2-4H3. The number of rotatable bonds is 6. The van der Waals surface area contributed by atoms with E-state index in [4.69, 9.17) is 14.2 Å². The topological polar surface area (TPSA) is 65.1 Å². The molecule has 0 spiro atoms. The lowest BCUT2D eigenvalue weighted by atomic mass is 10.1. The second-order valence-corrected chi connectivity index (χ2v) is 8.06. The van der Waals surface area contributed by atoms with E-state index in [1.54, 1.807) is 48.5 Å². The summed E-state index contributed by atoms with van der Waals surface area (Å²) in [7, 11) is -0.788. The third-order valence-corrected chi connectivity index (χ3v) is 6.45. The van der Waals surface area contributed by atoms with Crippen LogP contribution in [0.5, 0.6) is 11.5 Å². The number of aryl methyl sites for hydroxylation is 1. The predicted octanol–water partition coefficient (Wildman–Crippen LogP) is 3.29. The van der Waals surface area contributed by atoms with Crippen LogP contribution in [-0.2, 0) is 14.8 Å². The molecule has 6 nitrogen and oxygen atoms in total. The van der Waals surface area contributed by atoms with Crippen molar-refractivity contribution in [3.8, 4) is 11.5 Å². The summed E-state index contributed by atoms with van der Waals surface area (Å²) in [5, 5.41) is 0. The Kier molecular flexibility index (Phi) is 5.55. The average Bonchev–Trinajstić information content (AvgIpc) is 3.12. The van der Waals surface area contributed by atoms with Crippen molar-refractivity contribution < 1.29 is 22.6 Å². The molecule has 0 aromatic heterocycles. The number of methoxy groups -OCH3 is 2. The van der Waals surface area contributed by atoms with Gasteiger partial charge in [-0.2, -0.15) is 4.31 Å². The zero-order valence-corrected chi connectivity index (χ0v) is 16.4. The molecule has 7 heteroatoms.